The lowest BCUT2D eigenvalue weighted by molar-refractivity contribution is -0.385. The molecule has 2 aromatic carbocycles. The summed E-state index contributed by atoms with van der Waals surface area (Å²) in [5.74, 6) is 0. The molecule has 3 rings (SSSR count). The van der Waals surface area contributed by atoms with Crippen LogP contribution < -0.4 is 0 Å². The molecule has 112 valence electrons. The minimum atomic E-state index is -0.463. The zero-order valence-electron chi connectivity index (χ0n) is 12.0. The van der Waals surface area contributed by atoms with E-state index in [-0.39, 0.29) is 17.4 Å². The van der Waals surface area contributed by atoms with E-state index >= 15 is 0 Å². The van der Waals surface area contributed by atoms with E-state index in [0.29, 0.717) is 10.8 Å². The first-order chi connectivity index (χ1) is 10.4. The van der Waals surface area contributed by atoms with Gasteiger partial charge in [0, 0.05) is 52.1 Å². The van der Waals surface area contributed by atoms with Crippen molar-refractivity contribution in [2.45, 2.75) is 19.9 Å². The third-order valence-electron chi connectivity index (χ3n) is 3.71. The van der Waals surface area contributed by atoms with Crippen LogP contribution in [0.15, 0.2) is 36.4 Å². The monoisotopic (exact) mass is 299 g/mol. The lowest BCUT2D eigenvalue weighted by Crippen LogP contribution is -2.00. The van der Waals surface area contributed by atoms with E-state index in [4.69, 9.17) is 0 Å². The van der Waals surface area contributed by atoms with Crippen molar-refractivity contribution < 1.29 is 9.85 Å². The van der Waals surface area contributed by atoms with Crippen LogP contribution in [0.5, 0.6) is 0 Å². The van der Waals surface area contributed by atoms with E-state index in [9.17, 15) is 20.2 Å². The van der Waals surface area contributed by atoms with E-state index in [1.165, 1.54) is 24.3 Å². The molecular formula is C15H13N3O4. The molecule has 1 heterocycles. The molecule has 0 radical (unpaired) electrons. The average molecular weight is 299 g/mol. The number of rotatable bonds is 3. The highest BCUT2D eigenvalue weighted by Gasteiger charge is 2.18. The Kier molecular flexibility index (Phi) is 3.05. The van der Waals surface area contributed by atoms with Gasteiger partial charge < -0.3 is 4.57 Å². The summed E-state index contributed by atoms with van der Waals surface area (Å²) in [5.41, 5.74) is 1.61. The van der Waals surface area contributed by atoms with Crippen molar-refractivity contribution in [1.82, 2.24) is 4.57 Å². The van der Waals surface area contributed by atoms with E-state index in [1.807, 2.05) is 18.4 Å². The Hall–Kier alpha value is -2.96. The standard InChI is InChI=1S/C15H13N3O4/c1-9(2)16-14-5-3-10(17(19)20)7-12(14)13-8-11(18(21)22)4-6-15(13)16/h3-9H,1-2H3. The van der Waals surface area contributed by atoms with Gasteiger partial charge in [0.1, 0.15) is 0 Å². The lowest BCUT2D eigenvalue weighted by Gasteiger charge is -2.11. The van der Waals surface area contributed by atoms with Gasteiger partial charge in [-0.3, -0.25) is 20.2 Å². The largest absolute Gasteiger partial charge is 0.338 e. The topological polar surface area (TPSA) is 91.2 Å². The minimum absolute atomic E-state index is 0.0261. The summed E-state index contributed by atoms with van der Waals surface area (Å²) in [4.78, 5) is 21.0. The molecule has 0 aliphatic heterocycles. The fraction of sp³-hybridized carbons (Fsp3) is 0.200. The molecule has 0 N–H and O–H groups in total. The van der Waals surface area contributed by atoms with Gasteiger partial charge in [0.2, 0.25) is 0 Å². The number of hydrogen-bond donors (Lipinski definition) is 0. The Bertz CT molecular complexity index is 856. The highest BCUT2D eigenvalue weighted by molar-refractivity contribution is 6.09. The van der Waals surface area contributed by atoms with Gasteiger partial charge in [-0.05, 0) is 26.0 Å². The summed E-state index contributed by atoms with van der Waals surface area (Å²) >= 11 is 0. The number of hydrogen-bond acceptors (Lipinski definition) is 4. The number of non-ortho nitro benzene ring substituents is 2. The summed E-state index contributed by atoms with van der Waals surface area (Å²) in [5, 5.41) is 23.3. The highest BCUT2D eigenvalue weighted by atomic mass is 16.6. The van der Waals surface area contributed by atoms with Crippen LogP contribution in [0.25, 0.3) is 21.8 Å². The van der Waals surface area contributed by atoms with Crippen LogP contribution in [0.3, 0.4) is 0 Å². The number of benzene rings is 2. The second kappa shape index (κ2) is 4.80. The van der Waals surface area contributed by atoms with Gasteiger partial charge >= 0.3 is 0 Å². The van der Waals surface area contributed by atoms with Crippen molar-refractivity contribution in [2.24, 2.45) is 0 Å². The van der Waals surface area contributed by atoms with E-state index in [1.54, 1.807) is 12.1 Å². The first-order valence-corrected chi connectivity index (χ1v) is 6.76. The van der Waals surface area contributed by atoms with Crippen molar-refractivity contribution in [3.05, 3.63) is 56.6 Å². The van der Waals surface area contributed by atoms with Crippen LogP contribution in [-0.2, 0) is 0 Å². The van der Waals surface area contributed by atoms with Crippen LogP contribution in [0.2, 0.25) is 0 Å². The molecule has 0 spiro atoms. The zero-order chi connectivity index (χ0) is 16.0. The first-order valence-electron chi connectivity index (χ1n) is 6.76. The van der Waals surface area contributed by atoms with E-state index in [2.05, 4.69) is 0 Å². The summed E-state index contributed by atoms with van der Waals surface area (Å²) < 4.78 is 2.03. The maximum atomic E-state index is 11.0. The number of nitrogens with zero attached hydrogens (tertiary/aromatic N) is 3. The van der Waals surface area contributed by atoms with Crippen LogP contribution in [-0.4, -0.2) is 14.4 Å². The molecule has 22 heavy (non-hydrogen) atoms. The molecule has 0 aliphatic rings. The Labute approximate surface area is 125 Å². The minimum Gasteiger partial charge on any atom is -0.338 e. The van der Waals surface area contributed by atoms with Gasteiger partial charge in [0.05, 0.1) is 9.85 Å². The van der Waals surface area contributed by atoms with Gasteiger partial charge in [0.15, 0.2) is 0 Å². The Morgan fingerprint density at radius 3 is 1.59 bits per heavy atom. The molecule has 0 saturated heterocycles. The van der Waals surface area contributed by atoms with Gasteiger partial charge in [-0.2, -0.15) is 0 Å². The van der Waals surface area contributed by atoms with Crippen LogP contribution >= 0.6 is 0 Å². The molecule has 3 aromatic rings. The molecule has 0 bridgehead atoms. The molecule has 0 saturated carbocycles. The Morgan fingerprint density at radius 1 is 0.864 bits per heavy atom. The first kappa shape index (κ1) is 14.0. The van der Waals surface area contributed by atoms with Gasteiger partial charge in [-0.15, -0.1) is 0 Å². The van der Waals surface area contributed by atoms with Crippen LogP contribution in [0.4, 0.5) is 11.4 Å². The quantitative estimate of drug-likeness (QED) is 0.535. The van der Waals surface area contributed by atoms with Crippen molar-refractivity contribution in [2.75, 3.05) is 0 Å². The number of aromatic nitrogens is 1. The molecular weight excluding hydrogens is 286 g/mol. The number of nitro benzene ring substituents is 2. The highest BCUT2D eigenvalue weighted by Crippen LogP contribution is 2.35. The molecule has 0 unspecified atom stereocenters. The smallest absolute Gasteiger partial charge is 0.270 e. The predicted octanol–water partition coefficient (Wildman–Crippen LogP) is 4.19. The Morgan fingerprint density at radius 2 is 1.27 bits per heavy atom. The average Bonchev–Trinajstić information content (AvgIpc) is 2.79. The van der Waals surface area contributed by atoms with Gasteiger partial charge in [-0.25, -0.2) is 0 Å². The summed E-state index contributed by atoms with van der Waals surface area (Å²) in [7, 11) is 0. The zero-order valence-corrected chi connectivity index (χ0v) is 12.0. The number of nitro groups is 2. The second-order valence-electron chi connectivity index (χ2n) is 5.38. The molecule has 7 nitrogen and oxygen atoms in total. The fourth-order valence-electron chi connectivity index (χ4n) is 2.81. The number of fused-ring (bicyclic) bond motifs is 3. The van der Waals surface area contributed by atoms with Crippen molar-refractivity contribution >= 4 is 33.2 Å². The lowest BCUT2D eigenvalue weighted by atomic mass is 10.1. The molecule has 0 aliphatic carbocycles. The molecule has 0 fully saturated rings. The van der Waals surface area contributed by atoms with E-state index < -0.39 is 9.85 Å². The maximum Gasteiger partial charge on any atom is 0.270 e. The molecule has 0 atom stereocenters. The third-order valence-corrected chi connectivity index (χ3v) is 3.71. The predicted molar refractivity (Wildman–Crippen MR) is 83.1 cm³/mol. The fourth-order valence-corrected chi connectivity index (χ4v) is 2.81. The van der Waals surface area contributed by atoms with Gasteiger partial charge in [-0.1, -0.05) is 0 Å². The molecule has 0 amide bonds. The summed E-state index contributed by atoms with van der Waals surface area (Å²) in [6.07, 6.45) is 0. The molecule has 7 heteroatoms. The Balaban J connectivity index is 2.47. The van der Waals surface area contributed by atoms with Gasteiger partial charge in [0.25, 0.3) is 11.4 Å². The van der Waals surface area contributed by atoms with Crippen molar-refractivity contribution in [1.29, 1.82) is 0 Å². The SMILES string of the molecule is CC(C)n1c2ccc([N+](=O)[O-])cc2c2cc([N+](=O)[O-])ccc21. The van der Waals surface area contributed by atoms with Crippen molar-refractivity contribution in [3.8, 4) is 0 Å². The maximum absolute atomic E-state index is 11.0. The van der Waals surface area contributed by atoms with Crippen LogP contribution in [0, 0.1) is 20.2 Å². The third kappa shape index (κ3) is 1.98. The van der Waals surface area contributed by atoms with E-state index in [0.717, 1.165) is 11.0 Å². The summed E-state index contributed by atoms with van der Waals surface area (Å²) in [6.45, 7) is 4.00. The van der Waals surface area contributed by atoms with Crippen LogP contribution in [0.1, 0.15) is 19.9 Å². The second-order valence-corrected chi connectivity index (χ2v) is 5.38. The van der Waals surface area contributed by atoms with Crippen molar-refractivity contribution in [3.63, 3.8) is 0 Å². The molecule has 1 aromatic heterocycles. The summed E-state index contributed by atoms with van der Waals surface area (Å²) in [6, 6.07) is 9.37. The normalized spacial score (nSPS) is 11.4.